The van der Waals surface area contributed by atoms with E-state index in [2.05, 4.69) is 10.0 Å². The molecule has 0 aliphatic rings. The van der Waals surface area contributed by atoms with Crippen LogP contribution in [0.1, 0.15) is 51.2 Å². The Hall–Kier alpha value is -2.42. The summed E-state index contributed by atoms with van der Waals surface area (Å²) < 4.78 is 40.1. The second-order valence-corrected chi connectivity index (χ2v) is 10.2. The zero-order valence-electron chi connectivity index (χ0n) is 20.1. The first kappa shape index (κ1) is 26.8. The molecule has 0 aliphatic heterocycles. The lowest BCUT2D eigenvalue weighted by atomic mass is 10.0. The minimum Gasteiger partial charge on any atom is -0.495 e. The second-order valence-electron chi connectivity index (χ2n) is 8.49. The van der Waals surface area contributed by atoms with E-state index in [4.69, 9.17) is 9.47 Å². The van der Waals surface area contributed by atoms with Gasteiger partial charge in [-0.1, -0.05) is 50.2 Å². The van der Waals surface area contributed by atoms with Gasteiger partial charge >= 0.3 is 0 Å². The van der Waals surface area contributed by atoms with Crippen molar-refractivity contribution in [1.82, 2.24) is 10.0 Å². The van der Waals surface area contributed by atoms with Crippen LogP contribution < -0.4 is 14.8 Å². The fourth-order valence-electron chi connectivity index (χ4n) is 3.28. The summed E-state index contributed by atoms with van der Waals surface area (Å²) in [5, 5.41) is 2.83. The number of methoxy groups -OCH3 is 1. The van der Waals surface area contributed by atoms with Crippen LogP contribution in [0.5, 0.6) is 5.75 Å². The fourth-order valence-corrected chi connectivity index (χ4v) is 4.68. The standard InChI is InChI=1S/C25H36N2O5S/c1-18(2)21-12-13-23(31-5)24(17-21)33(29,30)27-22(16-20-10-7-6-8-11-20)25(28)26-14-9-15-32-19(3)4/h6-8,10-13,17-19,22,27H,9,14-16H2,1-5H3,(H,26,28). The lowest BCUT2D eigenvalue weighted by molar-refractivity contribution is -0.122. The molecule has 2 rings (SSSR count). The summed E-state index contributed by atoms with van der Waals surface area (Å²) >= 11 is 0. The van der Waals surface area contributed by atoms with Crippen LogP contribution in [0.4, 0.5) is 0 Å². The highest BCUT2D eigenvalue weighted by atomic mass is 32.2. The van der Waals surface area contributed by atoms with E-state index in [-0.39, 0.29) is 35.0 Å². The Kier molecular flexibility index (Phi) is 10.3. The zero-order chi connectivity index (χ0) is 24.4. The van der Waals surface area contributed by atoms with Crippen molar-refractivity contribution in [3.63, 3.8) is 0 Å². The number of benzene rings is 2. The fraction of sp³-hybridized carbons (Fsp3) is 0.480. The summed E-state index contributed by atoms with van der Waals surface area (Å²) in [6.07, 6.45) is 0.981. The van der Waals surface area contributed by atoms with Gasteiger partial charge in [-0.3, -0.25) is 4.79 Å². The minimum absolute atomic E-state index is 0.0207. The number of amides is 1. The average molecular weight is 477 g/mol. The minimum atomic E-state index is -4.03. The van der Waals surface area contributed by atoms with Crippen LogP contribution >= 0.6 is 0 Å². The Bertz CT molecular complexity index is 991. The number of nitrogens with one attached hydrogen (secondary N) is 2. The van der Waals surface area contributed by atoms with Crippen LogP contribution in [0, 0.1) is 0 Å². The van der Waals surface area contributed by atoms with Crippen molar-refractivity contribution in [3.05, 3.63) is 59.7 Å². The highest BCUT2D eigenvalue weighted by Crippen LogP contribution is 2.28. The highest BCUT2D eigenvalue weighted by Gasteiger charge is 2.28. The first-order valence-electron chi connectivity index (χ1n) is 11.3. The van der Waals surface area contributed by atoms with Gasteiger partial charge in [-0.2, -0.15) is 4.72 Å². The van der Waals surface area contributed by atoms with Crippen molar-refractivity contribution in [2.45, 2.75) is 63.5 Å². The molecule has 0 aliphatic carbocycles. The molecule has 1 atom stereocenters. The van der Waals surface area contributed by atoms with Crippen molar-refractivity contribution >= 4 is 15.9 Å². The molecule has 0 fully saturated rings. The summed E-state index contributed by atoms with van der Waals surface area (Å²) in [5.74, 6) is -0.0103. The predicted molar refractivity (Wildman–Crippen MR) is 130 cm³/mol. The van der Waals surface area contributed by atoms with Crippen molar-refractivity contribution < 1.29 is 22.7 Å². The molecule has 0 aromatic heterocycles. The highest BCUT2D eigenvalue weighted by molar-refractivity contribution is 7.89. The first-order valence-corrected chi connectivity index (χ1v) is 12.8. The van der Waals surface area contributed by atoms with Crippen molar-refractivity contribution in [2.75, 3.05) is 20.3 Å². The zero-order valence-corrected chi connectivity index (χ0v) is 20.9. The van der Waals surface area contributed by atoms with Gasteiger partial charge in [-0.05, 0) is 55.9 Å². The monoisotopic (exact) mass is 476 g/mol. The van der Waals surface area contributed by atoms with Crippen LogP contribution in [0.3, 0.4) is 0 Å². The number of hydrogen-bond donors (Lipinski definition) is 2. The molecular weight excluding hydrogens is 440 g/mol. The third kappa shape index (κ3) is 8.46. The van der Waals surface area contributed by atoms with E-state index in [0.717, 1.165) is 11.1 Å². The molecule has 0 saturated carbocycles. The summed E-state index contributed by atoms with van der Waals surface area (Å²) in [7, 11) is -2.60. The Balaban J connectivity index is 2.24. The smallest absolute Gasteiger partial charge is 0.245 e. The van der Waals surface area contributed by atoms with Gasteiger partial charge < -0.3 is 14.8 Å². The molecule has 0 spiro atoms. The lowest BCUT2D eigenvalue weighted by Crippen LogP contribution is -2.48. The van der Waals surface area contributed by atoms with Gasteiger partial charge in [0.25, 0.3) is 0 Å². The maximum atomic E-state index is 13.4. The molecule has 8 heteroatoms. The maximum absolute atomic E-state index is 13.4. The largest absolute Gasteiger partial charge is 0.495 e. The summed E-state index contributed by atoms with van der Waals surface area (Å²) in [4.78, 5) is 13.0. The summed E-state index contributed by atoms with van der Waals surface area (Å²) in [5.41, 5.74) is 1.72. The van der Waals surface area contributed by atoms with Crippen LogP contribution in [0.25, 0.3) is 0 Å². The Morgan fingerprint density at radius 1 is 1.03 bits per heavy atom. The number of carbonyl (C=O) groups excluding carboxylic acids is 1. The maximum Gasteiger partial charge on any atom is 0.245 e. The molecule has 0 radical (unpaired) electrons. The van der Waals surface area contributed by atoms with Gasteiger partial charge in [0, 0.05) is 13.2 Å². The van der Waals surface area contributed by atoms with Gasteiger partial charge in [-0.15, -0.1) is 0 Å². The van der Waals surface area contributed by atoms with Crippen molar-refractivity contribution in [1.29, 1.82) is 0 Å². The number of hydrogen-bond acceptors (Lipinski definition) is 5. The third-order valence-electron chi connectivity index (χ3n) is 5.11. The normalized spacial score (nSPS) is 12.7. The molecule has 0 heterocycles. The van der Waals surface area contributed by atoms with E-state index in [0.29, 0.717) is 19.6 Å². The Morgan fingerprint density at radius 3 is 2.33 bits per heavy atom. The molecule has 182 valence electrons. The molecular formula is C25H36N2O5S. The van der Waals surface area contributed by atoms with Gasteiger partial charge in [0.05, 0.1) is 13.2 Å². The quantitative estimate of drug-likeness (QED) is 0.431. The molecule has 1 unspecified atom stereocenters. The Morgan fingerprint density at radius 2 is 1.73 bits per heavy atom. The van der Waals surface area contributed by atoms with Crippen LogP contribution in [-0.4, -0.2) is 46.7 Å². The summed E-state index contributed by atoms with van der Waals surface area (Å²) in [6, 6.07) is 13.4. The van der Waals surface area contributed by atoms with E-state index >= 15 is 0 Å². The molecule has 2 N–H and O–H groups in total. The predicted octanol–water partition coefficient (Wildman–Crippen LogP) is 3.64. The molecule has 2 aromatic carbocycles. The summed E-state index contributed by atoms with van der Waals surface area (Å²) in [6.45, 7) is 8.79. The lowest BCUT2D eigenvalue weighted by Gasteiger charge is -2.20. The average Bonchev–Trinajstić information content (AvgIpc) is 2.78. The first-order chi connectivity index (χ1) is 15.6. The molecule has 1 amide bonds. The van der Waals surface area contributed by atoms with Crippen molar-refractivity contribution in [2.24, 2.45) is 0 Å². The van der Waals surface area contributed by atoms with E-state index in [1.807, 2.05) is 64.1 Å². The van der Waals surface area contributed by atoms with Gasteiger partial charge in [0.1, 0.15) is 16.7 Å². The van der Waals surface area contributed by atoms with Crippen molar-refractivity contribution in [3.8, 4) is 5.75 Å². The van der Waals surface area contributed by atoms with E-state index < -0.39 is 16.1 Å². The van der Waals surface area contributed by atoms with Crippen LogP contribution in [0.15, 0.2) is 53.4 Å². The second kappa shape index (κ2) is 12.7. The SMILES string of the molecule is COc1ccc(C(C)C)cc1S(=O)(=O)NC(Cc1ccccc1)C(=O)NCCCOC(C)C. The molecule has 2 aromatic rings. The topological polar surface area (TPSA) is 93.7 Å². The Labute approximate surface area is 197 Å². The number of carbonyl (C=O) groups is 1. The van der Waals surface area contributed by atoms with Crippen LogP contribution in [-0.2, 0) is 26.0 Å². The molecule has 7 nitrogen and oxygen atoms in total. The molecule has 0 saturated heterocycles. The molecule has 33 heavy (non-hydrogen) atoms. The van der Waals surface area contributed by atoms with Gasteiger partial charge in [0.2, 0.25) is 15.9 Å². The third-order valence-corrected chi connectivity index (χ3v) is 6.60. The number of rotatable bonds is 13. The van der Waals surface area contributed by atoms with Gasteiger partial charge in [0.15, 0.2) is 0 Å². The number of sulfonamides is 1. The van der Waals surface area contributed by atoms with E-state index in [1.165, 1.54) is 7.11 Å². The van der Waals surface area contributed by atoms with Gasteiger partial charge in [-0.25, -0.2) is 8.42 Å². The van der Waals surface area contributed by atoms with Crippen LogP contribution in [0.2, 0.25) is 0 Å². The van der Waals surface area contributed by atoms with E-state index in [9.17, 15) is 13.2 Å². The molecule has 0 bridgehead atoms. The number of ether oxygens (including phenoxy) is 2. The van der Waals surface area contributed by atoms with E-state index in [1.54, 1.807) is 12.1 Å².